The van der Waals surface area contributed by atoms with E-state index in [0.29, 0.717) is 6.10 Å². The molecule has 4 heteroatoms. The van der Waals surface area contributed by atoms with Crippen LogP contribution in [0.2, 0.25) is 0 Å². The van der Waals surface area contributed by atoms with E-state index in [4.69, 9.17) is 9.73 Å². The van der Waals surface area contributed by atoms with Gasteiger partial charge in [-0.1, -0.05) is 6.42 Å². The Hall–Kier alpha value is -3.01. The molecule has 0 spiro atoms. The first-order chi connectivity index (χ1) is 13.4. The van der Waals surface area contributed by atoms with Crippen LogP contribution in [0.1, 0.15) is 43.2 Å². The Kier molecular flexibility index (Phi) is 4.17. The van der Waals surface area contributed by atoms with Gasteiger partial charge < -0.3 is 4.74 Å². The van der Waals surface area contributed by atoms with Crippen LogP contribution in [0.3, 0.4) is 0 Å². The Labute approximate surface area is 159 Å². The van der Waals surface area contributed by atoms with Gasteiger partial charge in [-0.2, -0.15) is 0 Å². The molecule has 0 unspecified atom stereocenters. The van der Waals surface area contributed by atoms with Gasteiger partial charge in [-0.15, -0.1) is 0 Å². The minimum absolute atomic E-state index is 0.363. The van der Waals surface area contributed by atoms with Crippen LogP contribution in [0.25, 0.3) is 11.4 Å². The molecular formula is C23H21N3O. The maximum absolute atomic E-state index is 6.12. The molecule has 134 valence electrons. The lowest BCUT2D eigenvalue weighted by Crippen LogP contribution is -2.19. The molecule has 1 fully saturated rings. The van der Waals surface area contributed by atoms with E-state index < -0.39 is 0 Å². The molecule has 0 bridgehead atoms. The highest BCUT2D eigenvalue weighted by molar-refractivity contribution is 6.23. The largest absolute Gasteiger partial charge is 0.490 e. The first-order valence-corrected chi connectivity index (χ1v) is 9.65. The van der Waals surface area contributed by atoms with Gasteiger partial charge >= 0.3 is 0 Å². The summed E-state index contributed by atoms with van der Waals surface area (Å²) in [6.45, 7) is 0. The summed E-state index contributed by atoms with van der Waals surface area (Å²) in [5.74, 6) is 0.932. The summed E-state index contributed by atoms with van der Waals surface area (Å²) in [6.07, 6.45) is 10.2. The highest BCUT2D eigenvalue weighted by Gasteiger charge is 2.26. The fourth-order valence-corrected chi connectivity index (χ4v) is 3.94. The van der Waals surface area contributed by atoms with Crippen LogP contribution in [0.15, 0.2) is 65.9 Å². The van der Waals surface area contributed by atoms with Crippen molar-refractivity contribution in [3.8, 4) is 17.1 Å². The van der Waals surface area contributed by atoms with Crippen molar-refractivity contribution < 1.29 is 4.74 Å². The summed E-state index contributed by atoms with van der Waals surface area (Å²) in [5, 5.41) is 0. The zero-order valence-corrected chi connectivity index (χ0v) is 15.1. The van der Waals surface area contributed by atoms with Gasteiger partial charge in [0.25, 0.3) is 0 Å². The second-order valence-corrected chi connectivity index (χ2v) is 7.13. The summed E-state index contributed by atoms with van der Waals surface area (Å²) in [5.41, 5.74) is 5.73. The van der Waals surface area contributed by atoms with Crippen LogP contribution in [-0.2, 0) is 0 Å². The summed E-state index contributed by atoms with van der Waals surface area (Å²) < 4.78 is 6.12. The van der Waals surface area contributed by atoms with Crippen LogP contribution >= 0.6 is 0 Å². The minimum Gasteiger partial charge on any atom is -0.490 e. The highest BCUT2D eigenvalue weighted by Crippen LogP contribution is 2.35. The van der Waals surface area contributed by atoms with Crippen LogP contribution in [0, 0.1) is 0 Å². The molecule has 2 aliphatic carbocycles. The fourth-order valence-electron chi connectivity index (χ4n) is 3.94. The third kappa shape index (κ3) is 3.12. The van der Waals surface area contributed by atoms with E-state index in [2.05, 4.69) is 22.1 Å². The predicted octanol–water partition coefficient (Wildman–Crippen LogP) is 5.34. The van der Waals surface area contributed by atoms with E-state index in [-0.39, 0.29) is 0 Å². The minimum atomic E-state index is 0.363. The molecule has 0 aliphatic heterocycles. The molecule has 0 N–H and O–H groups in total. The maximum Gasteiger partial charge on any atom is 0.119 e. The standard InChI is InChI=1S/C23H21N3O/c1-2-6-17(7-3-1)27-18-12-10-16(11-13-18)26-21-19-8-4-14-24-22(19)23-20(21)9-5-15-25-23/h4-5,8-15,17H,1-3,6-7H2. The number of aromatic nitrogens is 2. The third-order valence-electron chi connectivity index (χ3n) is 5.28. The van der Waals surface area contributed by atoms with Crippen molar-refractivity contribution >= 4 is 11.4 Å². The van der Waals surface area contributed by atoms with Gasteiger partial charge in [-0.3, -0.25) is 9.97 Å². The lowest BCUT2D eigenvalue weighted by atomic mass is 9.98. The average Bonchev–Trinajstić information content (AvgIpc) is 3.04. The number of rotatable bonds is 3. The second kappa shape index (κ2) is 6.95. The smallest absolute Gasteiger partial charge is 0.119 e. The normalized spacial score (nSPS) is 15.9. The molecule has 0 saturated heterocycles. The first kappa shape index (κ1) is 16.2. The molecule has 2 aromatic heterocycles. The second-order valence-electron chi connectivity index (χ2n) is 7.13. The van der Waals surface area contributed by atoms with Crippen LogP contribution < -0.4 is 4.74 Å². The molecule has 0 atom stereocenters. The lowest BCUT2D eigenvalue weighted by Gasteiger charge is -2.22. The van der Waals surface area contributed by atoms with Crippen molar-refractivity contribution in [3.05, 3.63) is 72.1 Å². The van der Waals surface area contributed by atoms with Crippen LogP contribution in [0.5, 0.6) is 5.75 Å². The van der Waals surface area contributed by atoms with Gasteiger partial charge in [0.05, 0.1) is 28.9 Å². The van der Waals surface area contributed by atoms with E-state index in [9.17, 15) is 0 Å². The van der Waals surface area contributed by atoms with Gasteiger partial charge in [0.1, 0.15) is 5.75 Å². The molecule has 27 heavy (non-hydrogen) atoms. The Morgan fingerprint density at radius 3 is 2.04 bits per heavy atom. The third-order valence-corrected chi connectivity index (χ3v) is 5.28. The van der Waals surface area contributed by atoms with Crippen LogP contribution in [0.4, 0.5) is 5.69 Å². The fraction of sp³-hybridized carbons (Fsp3) is 0.261. The zero-order valence-electron chi connectivity index (χ0n) is 15.1. The summed E-state index contributed by atoms with van der Waals surface area (Å²) in [7, 11) is 0. The molecule has 2 aliphatic rings. The van der Waals surface area contributed by atoms with Gasteiger partial charge in [0.15, 0.2) is 0 Å². The Bertz CT molecular complexity index is 941. The molecule has 1 aromatic carbocycles. The molecule has 3 aromatic rings. The Balaban J connectivity index is 1.44. The van der Waals surface area contributed by atoms with Crippen molar-refractivity contribution in [2.45, 2.75) is 38.2 Å². The van der Waals surface area contributed by atoms with E-state index in [1.807, 2.05) is 36.4 Å². The number of pyridine rings is 2. The van der Waals surface area contributed by atoms with Crippen LogP contribution in [-0.4, -0.2) is 21.8 Å². The van der Waals surface area contributed by atoms with E-state index in [1.165, 1.54) is 19.3 Å². The van der Waals surface area contributed by atoms with Gasteiger partial charge in [0, 0.05) is 23.5 Å². The van der Waals surface area contributed by atoms with Crippen molar-refractivity contribution in [2.24, 2.45) is 4.99 Å². The van der Waals surface area contributed by atoms with Crippen molar-refractivity contribution in [1.82, 2.24) is 9.97 Å². The number of ether oxygens (including phenoxy) is 1. The Morgan fingerprint density at radius 2 is 1.41 bits per heavy atom. The highest BCUT2D eigenvalue weighted by atomic mass is 16.5. The van der Waals surface area contributed by atoms with Crippen molar-refractivity contribution in [3.63, 3.8) is 0 Å². The first-order valence-electron chi connectivity index (χ1n) is 9.65. The molecule has 5 rings (SSSR count). The molecular weight excluding hydrogens is 334 g/mol. The summed E-state index contributed by atoms with van der Waals surface area (Å²) in [4.78, 5) is 13.9. The summed E-state index contributed by atoms with van der Waals surface area (Å²) in [6, 6.07) is 16.1. The monoisotopic (exact) mass is 355 g/mol. The molecule has 2 heterocycles. The van der Waals surface area contributed by atoms with E-state index >= 15 is 0 Å². The number of hydrogen-bond acceptors (Lipinski definition) is 4. The zero-order chi connectivity index (χ0) is 18.1. The Morgan fingerprint density at radius 1 is 0.778 bits per heavy atom. The van der Waals surface area contributed by atoms with Crippen molar-refractivity contribution in [1.29, 1.82) is 0 Å². The number of benzene rings is 1. The molecule has 1 saturated carbocycles. The molecule has 4 nitrogen and oxygen atoms in total. The SMILES string of the molecule is c1cnc2c(c1)C(=Nc1ccc(OC3CCCCC3)cc1)c1cccnc1-2. The van der Waals surface area contributed by atoms with E-state index in [1.54, 1.807) is 12.4 Å². The van der Waals surface area contributed by atoms with Gasteiger partial charge in [-0.05, 0) is 74.2 Å². The van der Waals surface area contributed by atoms with E-state index in [0.717, 1.165) is 52.5 Å². The van der Waals surface area contributed by atoms with Crippen molar-refractivity contribution in [2.75, 3.05) is 0 Å². The van der Waals surface area contributed by atoms with Gasteiger partial charge in [0.2, 0.25) is 0 Å². The maximum atomic E-state index is 6.12. The number of aliphatic imine (C=N–C) groups is 1. The average molecular weight is 355 g/mol. The predicted molar refractivity (Wildman–Crippen MR) is 107 cm³/mol. The number of fused-ring (bicyclic) bond motifs is 3. The molecule has 0 amide bonds. The van der Waals surface area contributed by atoms with Gasteiger partial charge in [-0.25, -0.2) is 4.99 Å². The number of hydrogen-bond donors (Lipinski definition) is 0. The summed E-state index contributed by atoms with van der Waals surface area (Å²) >= 11 is 0. The molecule has 0 radical (unpaired) electrons. The topological polar surface area (TPSA) is 47.4 Å². The lowest BCUT2D eigenvalue weighted by molar-refractivity contribution is 0.155. The number of nitrogens with zero attached hydrogens (tertiary/aromatic N) is 3. The quantitative estimate of drug-likeness (QED) is 0.498.